The number of hydrogen-bond acceptors (Lipinski definition) is 4. The summed E-state index contributed by atoms with van der Waals surface area (Å²) in [4.78, 5) is 7.96. The number of anilines is 1. The van der Waals surface area contributed by atoms with E-state index >= 15 is 0 Å². The van der Waals surface area contributed by atoms with Crippen LogP contribution in [-0.4, -0.2) is 15.1 Å². The third kappa shape index (κ3) is 4.16. The molecule has 0 amide bonds. The molecule has 164 valence electrons. The number of nitrogens with zero attached hydrogens (tertiary/aromatic N) is 2. The molecule has 0 aliphatic heterocycles. The van der Waals surface area contributed by atoms with E-state index in [1.54, 1.807) is 18.2 Å². The summed E-state index contributed by atoms with van der Waals surface area (Å²) in [5, 5.41) is 14.2. The molecule has 2 N–H and O–H groups in total. The van der Waals surface area contributed by atoms with Gasteiger partial charge >= 0.3 is 6.18 Å². The molecule has 0 saturated heterocycles. The van der Waals surface area contributed by atoms with Gasteiger partial charge in [-0.2, -0.15) is 13.2 Å². The fourth-order valence-electron chi connectivity index (χ4n) is 3.32. The third-order valence-electron chi connectivity index (χ3n) is 4.81. The second-order valence-electron chi connectivity index (χ2n) is 6.88. The second-order valence-corrected chi connectivity index (χ2v) is 7.31. The number of halogens is 6. The summed E-state index contributed by atoms with van der Waals surface area (Å²) in [5.74, 6) is -2.94. The Morgan fingerprint density at radius 2 is 1.75 bits per heavy atom. The summed E-state index contributed by atoms with van der Waals surface area (Å²) in [6.45, 7) is 0. The molecule has 1 unspecified atom stereocenters. The molecule has 0 fully saturated rings. The van der Waals surface area contributed by atoms with Gasteiger partial charge in [0.25, 0.3) is 0 Å². The van der Waals surface area contributed by atoms with Crippen LogP contribution >= 0.6 is 11.6 Å². The minimum atomic E-state index is -4.88. The van der Waals surface area contributed by atoms with Crippen molar-refractivity contribution in [1.29, 1.82) is 0 Å². The highest BCUT2D eigenvalue weighted by molar-refractivity contribution is 6.30. The van der Waals surface area contributed by atoms with Crippen molar-refractivity contribution in [2.75, 3.05) is 5.32 Å². The maximum absolute atomic E-state index is 14.4. The first-order valence-electron chi connectivity index (χ1n) is 9.16. The van der Waals surface area contributed by atoms with Crippen molar-refractivity contribution in [1.82, 2.24) is 9.97 Å². The van der Waals surface area contributed by atoms with Gasteiger partial charge in [-0.25, -0.2) is 13.8 Å². The molecule has 0 aliphatic carbocycles. The predicted molar refractivity (Wildman–Crippen MR) is 109 cm³/mol. The smallest absolute Gasteiger partial charge is 0.419 e. The SMILES string of the molecule is Oc1c(C(Nc2ncc(Cl)cc2F)c2ccc(C(F)(F)F)c(F)c2)ccc2cccnc12. The number of aromatic hydroxyl groups is 1. The number of aromatic nitrogens is 2. The first kappa shape index (κ1) is 21.8. The molecule has 2 aromatic carbocycles. The summed E-state index contributed by atoms with van der Waals surface area (Å²) >= 11 is 5.72. The lowest BCUT2D eigenvalue weighted by atomic mass is 9.95. The Hall–Kier alpha value is -3.46. The van der Waals surface area contributed by atoms with Crippen molar-refractivity contribution in [2.45, 2.75) is 12.2 Å². The zero-order valence-corrected chi connectivity index (χ0v) is 16.7. The average Bonchev–Trinajstić information content (AvgIpc) is 2.73. The Bertz CT molecular complexity index is 1310. The number of rotatable bonds is 4. The number of benzene rings is 2. The summed E-state index contributed by atoms with van der Waals surface area (Å²) in [7, 11) is 0. The molecule has 10 heteroatoms. The van der Waals surface area contributed by atoms with Gasteiger partial charge in [-0.3, -0.25) is 4.98 Å². The topological polar surface area (TPSA) is 58.0 Å². The quantitative estimate of drug-likeness (QED) is 0.338. The van der Waals surface area contributed by atoms with Gasteiger partial charge < -0.3 is 10.4 Å². The van der Waals surface area contributed by atoms with Gasteiger partial charge in [-0.05, 0) is 29.8 Å². The van der Waals surface area contributed by atoms with Crippen molar-refractivity contribution in [3.05, 3.63) is 94.3 Å². The molecule has 2 heterocycles. The molecule has 32 heavy (non-hydrogen) atoms. The lowest BCUT2D eigenvalue weighted by Crippen LogP contribution is -2.16. The molecule has 0 saturated carbocycles. The van der Waals surface area contributed by atoms with Crippen molar-refractivity contribution in [2.24, 2.45) is 0 Å². The molecular weight excluding hydrogens is 453 g/mol. The van der Waals surface area contributed by atoms with Crippen LogP contribution in [0.2, 0.25) is 5.02 Å². The van der Waals surface area contributed by atoms with E-state index in [9.17, 15) is 27.1 Å². The fraction of sp³-hybridized carbons (Fsp3) is 0.0909. The fourth-order valence-corrected chi connectivity index (χ4v) is 3.46. The molecule has 0 spiro atoms. The summed E-state index contributed by atoms with van der Waals surface area (Å²) in [5.41, 5.74) is -1.10. The highest BCUT2D eigenvalue weighted by atomic mass is 35.5. The highest BCUT2D eigenvalue weighted by Gasteiger charge is 2.34. The monoisotopic (exact) mass is 465 g/mol. The van der Waals surface area contributed by atoms with Gasteiger partial charge in [-0.1, -0.05) is 35.9 Å². The van der Waals surface area contributed by atoms with Crippen LogP contribution in [0.5, 0.6) is 5.75 Å². The van der Waals surface area contributed by atoms with E-state index in [1.807, 2.05) is 0 Å². The molecular formula is C22H13ClF5N3O. The molecule has 0 aliphatic rings. The Balaban J connectivity index is 1.88. The van der Waals surface area contributed by atoms with Crippen LogP contribution in [0.3, 0.4) is 0 Å². The Morgan fingerprint density at radius 1 is 0.969 bits per heavy atom. The number of pyridine rings is 2. The maximum Gasteiger partial charge on any atom is 0.419 e. The standard InChI is InChI=1S/C22H13ClF5N3O/c23-13-9-17(25)21(30-10-13)31-18(12-4-6-15(16(24)8-12)22(26,27)28)14-5-3-11-2-1-7-29-19(11)20(14)32/h1-10,18,32H,(H,30,31). The normalized spacial score (nSPS) is 12.7. The zero-order chi connectivity index (χ0) is 23.0. The first-order valence-corrected chi connectivity index (χ1v) is 9.54. The molecule has 4 rings (SSSR count). The van der Waals surface area contributed by atoms with E-state index < -0.39 is 29.4 Å². The largest absolute Gasteiger partial charge is 0.505 e. The number of hydrogen-bond donors (Lipinski definition) is 2. The van der Waals surface area contributed by atoms with E-state index in [2.05, 4.69) is 15.3 Å². The van der Waals surface area contributed by atoms with Gasteiger partial charge in [0.15, 0.2) is 11.6 Å². The molecule has 2 aromatic heterocycles. The van der Waals surface area contributed by atoms with Gasteiger partial charge in [-0.15, -0.1) is 0 Å². The molecule has 4 aromatic rings. The van der Waals surface area contributed by atoms with Crippen LogP contribution in [-0.2, 0) is 6.18 Å². The lowest BCUT2D eigenvalue weighted by molar-refractivity contribution is -0.140. The Kier molecular flexibility index (Phi) is 5.60. The minimum absolute atomic E-state index is 0.00256. The van der Waals surface area contributed by atoms with Crippen molar-refractivity contribution < 1.29 is 27.1 Å². The summed E-state index contributed by atoms with van der Waals surface area (Å²) in [6, 6.07) is 8.60. The number of fused-ring (bicyclic) bond motifs is 1. The van der Waals surface area contributed by atoms with E-state index in [4.69, 9.17) is 11.6 Å². The van der Waals surface area contributed by atoms with Crippen molar-refractivity contribution in [3.8, 4) is 5.75 Å². The number of phenolic OH excluding ortho intramolecular Hbond substituents is 1. The van der Waals surface area contributed by atoms with E-state index in [1.165, 1.54) is 18.5 Å². The van der Waals surface area contributed by atoms with E-state index in [-0.39, 0.29) is 33.2 Å². The van der Waals surface area contributed by atoms with Crippen LogP contribution in [0, 0.1) is 11.6 Å². The van der Waals surface area contributed by atoms with E-state index in [0.717, 1.165) is 12.1 Å². The molecule has 1 atom stereocenters. The Morgan fingerprint density at radius 3 is 2.44 bits per heavy atom. The molecule has 0 radical (unpaired) electrons. The van der Waals surface area contributed by atoms with Crippen LogP contribution in [0.4, 0.5) is 27.8 Å². The summed E-state index contributed by atoms with van der Waals surface area (Å²) in [6.07, 6.45) is -2.27. The number of nitrogens with one attached hydrogen (secondary N) is 1. The third-order valence-corrected chi connectivity index (χ3v) is 5.02. The van der Waals surface area contributed by atoms with Gasteiger partial charge in [0.05, 0.1) is 16.6 Å². The van der Waals surface area contributed by atoms with Gasteiger partial charge in [0.2, 0.25) is 0 Å². The molecule has 0 bridgehead atoms. The lowest BCUT2D eigenvalue weighted by Gasteiger charge is -2.23. The van der Waals surface area contributed by atoms with Crippen LogP contribution < -0.4 is 5.32 Å². The highest BCUT2D eigenvalue weighted by Crippen LogP contribution is 2.38. The zero-order valence-electron chi connectivity index (χ0n) is 16.0. The predicted octanol–water partition coefficient (Wildman–Crippen LogP) is 6.49. The van der Waals surface area contributed by atoms with Crippen LogP contribution in [0.1, 0.15) is 22.7 Å². The maximum atomic E-state index is 14.4. The summed E-state index contributed by atoms with van der Waals surface area (Å²) < 4.78 is 67.7. The first-order chi connectivity index (χ1) is 15.1. The minimum Gasteiger partial charge on any atom is -0.505 e. The molecule has 4 nitrogen and oxygen atoms in total. The van der Waals surface area contributed by atoms with E-state index in [0.29, 0.717) is 17.5 Å². The van der Waals surface area contributed by atoms with Crippen LogP contribution in [0.25, 0.3) is 10.9 Å². The van der Waals surface area contributed by atoms with Gasteiger partial charge in [0.1, 0.15) is 17.1 Å². The van der Waals surface area contributed by atoms with Crippen LogP contribution in [0.15, 0.2) is 60.9 Å². The Labute approximate surface area is 183 Å². The average molecular weight is 466 g/mol. The second kappa shape index (κ2) is 8.23. The number of phenols is 1. The number of alkyl halides is 3. The van der Waals surface area contributed by atoms with Crippen molar-refractivity contribution >= 4 is 28.3 Å². The van der Waals surface area contributed by atoms with Gasteiger partial charge in [0, 0.05) is 23.3 Å². The van der Waals surface area contributed by atoms with Crippen molar-refractivity contribution in [3.63, 3.8) is 0 Å².